The number of carbonyl (C=O) groups is 2. The van der Waals surface area contributed by atoms with E-state index in [-0.39, 0.29) is 23.7 Å². The number of amides is 2. The van der Waals surface area contributed by atoms with E-state index in [0.717, 1.165) is 30.5 Å². The van der Waals surface area contributed by atoms with Crippen LogP contribution in [0.1, 0.15) is 49.0 Å². The zero-order valence-corrected chi connectivity index (χ0v) is 14.9. The molecule has 24 heavy (non-hydrogen) atoms. The Morgan fingerprint density at radius 2 is 2.04 bits per heavy atom. The molecule has 0 saturated heterocycles. The van der Waals surface area contributed by atoms with E-state index in [1.807, 2.05) is 19.1 Å². The summed E-state index contributed by atoms with van der Waals surface area (Å²) in [5.74, 6) is 0.664. The van der Waals surface area contributed by atoms with Gasteiger partial charge in [0, 0.05) is 23.7 Å². The summed E-state index contributed by atoms with van der Waals surface area (Å²) in [6.45, 7) is 7.23. The molecule has 0 aromatic heterocycles. The maximum absolute atomic E-state index is 12.5. The van der Waals surface area contributed by atoms with Crippen LogP contribution in [0.25, 0.3) is 0 Å². The van der Waals surface area contributed by atoms with Crippen LogP contribution in [-0.2, 0) is 4.79 Å². The number of rotatable bonds is 6. The van der Waals surface area contributed by atoms with Gasteiger partial charge in [0.2, 0.25) is 5.91 Å². The fourth-order valence-corrected chi connectivity index (χ4v) is 3.23. The second-order valence-electron chi connectivity index (χ2n) is 7.16. The van der Waals surface area contributed by atoms with Crippen molar-refractivity contribution in [2.45, 2.75) is 40.0 Å². The first-order chi connectivity index (χ1) is 11.4. The first kappa shape index (κ1) is 18.5. The number of hydrogen-bond donors (Lipinski definition) is 3. The van der Waals surface area contributed by atoms with Crippen LogP contribution in [-0.4, -0.2) is 24.9 Å². The fourth-order valence-electron chi connectivity index (χ4n) is 3.23. The third-order valence-corrected chi connectivity index (χ3v) is 4.72. The average Bonchev–Trinajstić information content (AvgIpc) is 3.03. The van der Waals surface area contributed by atoms with Crippen LogP contribution in [0.5, 0.6) is 0 Å². The van der Waals surface area contributed by atoms with E-state index in [9.17, 15) is 9.59 Å². The number of hydrogen-bond acceptors (Lipinski definition) is 3. The SMILES string of the molecule is Cc1cc(C(=O)NCC(C)C)ccc1NC(=O)[C@@H]1CCC[C@@H]1CN. The number of anilines is 1. The second kappa shape index (κ2) is 8.29. The van der Waals surface area contributed by atoms with E-state index >= 15 is 0 Å². The molecule has 132 valence electrons. The summed E-state index contributed by atoms with van der Waals surface area (Å²) in [6, 6.07) is 5.39. The molecule has 0 radical (unpaired) electrons. The first-order valence-corrected chi connectivity index (χ1v) is 8.82. The van der Waals surface area contributed by atoms with E-state index in [1.165, 1.54) is 0 Å². The van der Waals surface area contributed by atoms with Crippen molar-refractivity contribution < 1.29 is 9.59 Å². The zero-order valence-electron chi connectivity index (χ0n) is 14.9. The van der Waals surface area contributed by atoms with Crippen molar-refractivity contribution >= 4 is 17.5 Å². The van der Waals surface area contributed by atoms with Crippen LogP contribution in [0.4, 0.5) is 5.69 Å². The molecule has 1 aromatic carbocycles. The van der Waals surface area contributed by atoms with Gasteiger partial charge in [0.1, 0.15) is 0 Å². The Balaban J connectivity index is 2.02. The molecule has 5 heteroatoms. The maximum Gasteiger partial charge on any atom is 0.251 e. The van der Waals surface area contributed by atoms with Crippen molar-refractivity contribution in [1.29, 1.82) is 0 Å². The summed E-state index contributed by atoms with van der Waals surface area (Å²) in [4.78, 5) is 24.6. The van der Waals surface area contributed by atoms with Crippen molar-refractivity contribution in [2.75, 3.05) is 18.4 Å². The molecule has 0 bridgehead atoms. The van der Waals surface area contributed by atoms with Crippen LogP contribution in [0, 0.1) is 24.7 Å². The molecule has 1 aliphatic rings. The van der Waals surface area contributed by atoms with Gasteiger partial charge in [-0.3, -0.25) is 9.59 Å². The van der Waals surface area contributed by atoms with Gasteiger partial charge in [-0.2, -0.15) is 0 Å². The van der Waals surface area contributed by atoms with Crippen LogP contribution >= 0.6 is 0 Å². The highest BCUT2D eigenvalue weighted by Gasteiger charge is 2.32. The van der Waals surface area contributed by atoms with E-state index in [0.29, 0.717) is 24.6 Å². The molecule has 2 amide bonds. The van der Waals surface area contributed by atoms with E-state index in [1.54, 1.807) is 6.07 Å². The van der Waals surface area contributed by atoms with Gasteiger partial charge in [-0.15, -0.1) is 0 Å². The van der Waals surface area contributed by atoms with Crippen LogP contribution < -0.4 is 16.4 Å². The molecular weight excluding hydrogens is 302 g/mol. The number of aryl methyl sites for hydroxylation is 1. The third kappa shape index (κ3) is 4.57. The van der Waals surface area contributed by atoms with Gasteiger partial charge in [-0.05, 0) is 61.9 Å². The molecule has 0 heterocycles. The van der Waals surface area contributed by atoms with Gasteiger partial charge >= 0.3 is 0 Å². The standard InChI is InChI=1S/C19H29N3O2/c1-12(2)11-21-18(23)14-7-8-17(13(3)9-14)22-19(24)16-6-4-5-15(16)10-20/h7-9,12,15-16H,4-6,10-11,20H2,1-3H3,(H,21,23)(H,22,24)/t15-,16-/m1/s1. The largest absolute Gasteiger partial charge is 0.352 e. The Bertz CT molecular complexity index is 598. The number of nitrogens with two attached hydrogens (primary N) is 1. The van der Waals surface area contributed by atoms with Crippen LogP contribution in [0.15, 0.2) is 18.2 Å². The molecule has 4 N–H and O–H groups in total. The van der Waals surface area contributed by atoms with Gasteiger partial charge in [-0.1, -0.05) is 20.3 Å². The maximum atomic E-state index is 12.5. The molecular formula is C19H29N3O2. The monoisotopic (exact) mass is 331 g/mol. The molecule has 2 rings (SSSR count). The van der Waals surface area contributed by atoms with E-state index < -0.39 is 0 Å². The van der Waals surface area contributed by atoms with E-state index in [4.69, 9.17) is 5.73 Å². The molecule has 1 saturated carbocycles. The highest BCUT2D eigenvalue weighted by atomic mass is 16.2. The fraction of sp³-hybridized carbons (Fsp3) is 0.579. The Labute approximate surface area is 144 Å². The van der Waals surface area contributed by atoms with Crippen molar-refractivity contribution in [1.82, 2.24) is 5.32 Å². The van der Waals surface area contributed by atoms with Gasteiger partial charge in [0.05, 0.1) is 0 Å². The summed E-state index contributed by atoms with van der Waals surface area (Å²) >= 11 is 0. The summed E-state index contributed by atoms with van der Waals surface area (Å²) in [6.07, 6.45) is 3.00. The summed E-state index contributed by atoms with van der Waals surface area (Å²) in [7, 11) is 0. The molecule has 1 fully saturated rings. The van der Waals surface area contributed by atoms with Crippen LogP contribution in [0.2, 0.25) is 0 Å². The van der Waals surface area contributed by atoms with E-state index in [2.05, 4.69) is 24.5 Å². The lowest BCUT2D eigenvalue weighted by Crippen LogP contribution is -2.30. The Hall–Kier alpha value is -1.88. The number of benzene rings is 1. The van der Waals surface area contributed by atoms with Crippen molar-refractivity contribution in [3.05, 3.63) is 29.3 Å². The first-order valence-electron chi connectivity index (χ1n) is 8.82. The lowest BCUT2D eigenvalue weighted by Gasteiger charge is -2.18. The molecule has 5 nitrogen and oxygen atoms in total. The van der Waals surface area contributed by atoms with Gasteiger partial charge < -0.3 is 16.4 Å². The molecule has 0 aliphatic heterocycles. The molecule has 0 unspecified atom stereocenters. The molecule has 1 aliphatic carbocycles. The smallest absolute Gasteiger partial charge is 0.251 e. The topological polar surface area (TPSA) is 84.2 Å². The Kier molecular flexibility index (Phi) is 6.37. The van der Waals surface area contributed by atoms with Gasteiger partial charge in [0.25, 0.3) is 5.91 Å². The third-order valence-electron chi connectivity index (χ3n) is 4.72. The Morgan fingerprint density at radius 1 is 1.29 bits per heavy atom. The summed E-state index contributed by atoms with van der Waals surface area (Å²) < 4.78 is 0. The average molecular weight is 331 g/mol. The highest BCUT2D eigenvalue weighted by molar-refractivity contribution is 5.97. The highest BCUT2D eigenvalue weighted by Crippen LogP contribution is 2.32. The minimum atomic E-state index is -0.0799. The lowest BCUT2D eigenvalue weighted by molar-refractivity contribution is -0.120. The Morgan fingerprint density at radius 3 is 2.67 bits per heavy atom. The molecule has 0 spiro atoms. The zero-order chi connectivity index (χ0) is 17.7. The van der Waals surface area contributed by atoms with Gasteiger partial charge in [0.15, 0.2) is 0 Å². The minimum Gasteiger partial charge on any atom is -0.352 e. The summed E-state index contributed by atoms with van der Waals surface area (Å²) in [5, 5.41) is 5.91. The molecule has 1 aromatic rings. The number of carbonyl (C=O) groups excluding carboxylic acids is 2. The quantitative estimate of drug-likeness (QED) is 0.749. The summed E-state index contributed by atoms with van der Waals surface area (Å²) in [5.41, 5.74) is 8.04. The normalized spacial score (nSPS) is 20.2. The van der Waals surface area contributed by atoms with Crippen LogP contribution in [0.3, 0.4) is 0 Å². The minimum absolute atomic E-state index is 0.00316. The predicted octanol–water partition coefficient (Wildman–Crippen LogP) is 2.69. The predicted molar refractivity (Wildman–Crippen MR) is 96.9 cm³/mol. The lowest BCUT2D eigenvalue weighted by atomic mass is 9.95. The molecule has 2 atom stereocenters. The van der Waals surface area contributed by atoms with Crippen molar-refractivity contribution in [2.24, 2.45) is 23.5 Å². The van der Waals surface area contributed by atoms with Gasteiger partial charge in [-0.25, -0.2) is 0 Å². The van der Waals surface area contributed by atoms with Crippen molar-refractivity contribution in [3.63, 3.8) is 0 Å². The van der Waals surface area contributed by atoms with Crippen molar-refractivity contribution in [3.8, 4) is 0 Å². The second-order valence-corrected chi connectivity index (χ2v) is 7.16. The number of nitrogens with one attached hydrogen (secondary N) is 2.